The lowest BCUT2D eigenvalue weighted by Gasteiger charge is -2.32. The minimum Gasteiger partial charge on any atom is -0.396 e. The zero-order valence-corrected chi connectivity index (χ0v) is 20.1. The van der Waals surface area contributed by atoms with Crippen molar-refractivity contribution >= 4 is 23.2 Å². The number of carbonyl (C=O) groups excluding carboxylic acids is 2. The van der Waals surface area contributed by atoms with E-state index in [9.17, 15) is 14.0 Å². The number of nitrogens with zero attached hydrogens (tertiary/aromatic N) is 3. The fraction of sp³-hybridized carbons (Fsp3) is 0.222. The Hall–Kier alpha value is -4.40. The molecule has 9 heteroatoms. The van der Waals surface area contributed by atoms with E-state index in [1.165, 1.54) is 6.07 Å². The van der Waals surface area contributed by atoms with Crippen molar-refractivity contribution in [3.63, 3.8) is 0 Å². The van der Waals surface area contributed by atoms with Crippen LogP contribution < -0.4 is 11.1 Å². The number of aromatic amines is 1. The predicted octanol–water partition coefficient (Wildman–Crippen LogP) is 4.30. The maximum atomic E-state index is 13.7. The van der Waals surface area contributed by atoms with Crippen molar-refractivity contribution in [2.45, 2.75) is 32.9 Å². The van der Waals surface area contributed by atoms with Gasteiger partial charge < -0.3 is 20.9 Å². The minimum absolute atomic E-state index is 0.0571. The van der Waals surface area contributed by atoms with E-state index < -0.39 is 5.82 Å². The molecule has 2 amide bonds. The third-order valence-corrected chi connectivity index (χ3v) is 6.40. The van der Waals surface area contributed by atoms with Crippen LogP contribution in [0.15, 0.2) is 60.8 Å². The van der Waals surface area contributed by atoms with Gasteiger partial charge in [0.05, 0.1) is 18.8 Å². The smallest absolute Gasteiger partial charge is 0.276 e. The monoisotopic (exact) mass is 486 g/mol. The number of benzene rings is 2. The molecule has 36 heavy (non-hydrogen) atoms. The van der Waals surface area contributed by atoms with Crippen LogP contribution in [0, 0.1) is 12.7 Å². The van der Waals surface area contributed by atoms with E-state index in [0.29, 0.717) is 30.0 Å². The number of fused-ring (bicyclic) bond motifs is 1. The van der Waals surface area contributed by atoms with Gasteiger partial charge in [0.1, 0.15) is 11.5 Å². The summed E-state index contributed by atoms with van der Waals surface area (Å²) in [5, 5.41) is 7.62. The molecule has 0 bridgehead atoms. The average molecular weight is 487 g/mol. The van der Waals surface area contributed by atoms with Crippen molar-refractivity contribution < 1.29 is 14.0 Å². The van der Waals surface area contributed by atoms with Crippen LogP contribution in [-0.4, -0.2) is 38.0 Å². The Morgan fingerprint density at radius 1 is 1.19 bits per heavy atom. The number of hydrogen-bond acceptors (Lipinski definition) is 4. The van der Waals surface area contributed by atoms with E-state index in [2.05, 4.69) is 15.4 Å². The van der Waals surface area contributed by atoms with Gasteiger partial charge in [-0.2, -0.15) is 5.10 Å². The Kier molecular flexibility index (Phi) is 6.05. The lowest BCUT2D eigenvalue weighted by molar-refractivity contribution is 0.0711. The molecule has 5 rings (SSSR count). The Balaban J connectivity index is 1.53. The third-order valence-electron chi connectivity index (χ3n) is 6.40. The van der Waals surface area contributed by atoms with Gasteiger partial charge in [0.15, 0.2) is 5.69 Å². The standard InChI is InChI=1S/C27H27FN6O2/c1-16-5-3-6-19(11-16)31-26(35)24-20-15-33(27(36)23-7-4-10-30-23)13-17(2)25(20)34(32-24)14-18-8-9-21(28)22(29)12-18/h3-12,17,30H,13-15,29H2,1-2H3,(H,31,35). The maximum absolute atomic E-state index is 13.7. The second-order valence-electron chi connectivity index (χ2n) is 9.22. The molecule has 2 aromatic carbocycles. The van der Waals surface area contributed by atoms with Crippen molar-refractivity contribution in [3.05, 3.63) is 100 Å². The normalized spacial score (nSPS) is 15.0. The quantitative estimate of drug-likeness (QED) is 0.366. The number of H-pyrrole nitrogens is 1. The highest BCUT2D eigenvalue weighted by Crippen LogP contribution is 2.32. The highest BCUT2D eigenvalue weighted by atomic mass is 19.1. The number of carbonyl (C=O) groups is 2. The summed E-state index contributed by atoms with van der Waals surface area (Å²) in [5.74, 6) is -1.05. The van der Waals surface area contributed by atoms with Crippen molar-refractivity contribution in [1.82, 2.24) is 19.7 Å². The molecule has 1 aliphatic heterocycles. The zero-order valence-electron chi connectivity index (χ0n) is 20.1. The van der Waals surface area contributed by atoms with E-state index in [-0.39, 0.29) is 35.7 Å². The number of amides is 2. The maximum Gasteiger partial charge on any atom is 0.276 e. The number of hydrogen-bond donors (Lipinski definition) is 3. The number of anilines is 2. The molecule has 0 spiro atoms. The third kappa shape index (κ3) is 4.47. The van der Waals surface area contributed by atoms with E-state index in [4.69, 9.17) is 5.73 Å². The number of aromatic nitrogens is 3. The van der Waals surface area contributed by atoms with Crippen LogP contribution in [0.5, 0.6) is 0 Å². The summed E-state index contributed by atoms with van der Waals surface area (Å²) in [4.78, 5) is 31.2. The van der Waals surface area contributed by atoms with Gasteiger partial charge in [-0.15, -0.1) is 0 Å². The Bertz CT molecular complexity index is 1440. The van der Waals surface area contributed by atoms with Gasteiger partial charge in [-0.05, 0) is 54.4 Å². The molecular formula is C27H27FN6O2. The van der Waals surface area contributed by atoms with Crippen LogP contribution in [0.2, 0.25) is 0 Å². The van der Waals surface area contributed by atoms with E-state index >= 15 is 0 Å². The SMILES string of the molecule is Cc1cccc(NC(=O)c2nn(Cc3ccc(F)c(N)c3)c3c2CN(C(=O)c2ccc[nH]2)CC3C)c1. The summed E-state index contributed by atoms with van der Waals surface area (Å²) in [6.07, 6.45) is 1.71. The van der Waals surface area contributed by atoms with E-state index in [1.54, 1.807) is 40.0 Å². The second-order valence-corrected chi connectivity index (χ2v) is 9.22. The molecule has 1 atom stereocenters. The molecule has 4 N–H and O–H groups in total. The first kappa shape index (κ1) is 23.3. The van der Waals surface area contributed by atoms with Crippen LogP contribution in [0.4, 0.5) is 15.8 Å². The van der Waals surface area contributed by atoms with Crippen molar-refractivity contribution in [1.29, 1.82) is 0 Å². The molecular weight excluding hydrogens is 459 g/mol. The molecule has 0 fully saturated rings. The first-order valence-corrected chi connectivity index (χ1v) is 11.7. The van der Waals surface area contributed by atoms with Gasteiger partial charge in [-0.3, -0.25) is 14.3 Å². The molecule has 0 saturated heterocycles. The number of halogens is 1. The van der Waals surface area contributed by atoms with Crippen LogP contribution in [0.3, 0.4) is 0 Å². The highest BCUT2D eigenvalue weighted by Gasteiger charge is 2.34. The Morgan fingerprint density at radius 3 is 2.75 bits per heavy atom. The summed E-state index contributed by atoms with van der Waals surface area (Å²) in [6.45, 7) is 5.00. The average Bonchev–Trinajstić information content (AvgIpc) is 3.50. The first-order chi connectivity index (χ1) is 17.3. The van der Waals surface area contributed by atoms with Gasteiger partial charge in [0, 0.05) is 35.6 Å². The molecule has 0 radical (unpaired) electrons. The van der Waals surface area contributed by atoms with Gasteiger partial charge in [0.25, 0.3) is 11.8 Å². The van der Waals surface area contributed by atoms with Gasteiger partial charge in [-0.25, -0.2) is 4.39 Å². The summed E-state index contributed by atoms with van der Waals surface area (Å²) in [6, 6.07) is 15.6. The van der Waals surface area contributed by atoms with Gasteiger partial charge in [-0.1, -0.05) is 25.1 Å². The second kappa shape index (κ2) is 9.33. The molecule has 2 aromatic heterocycles. The van der Waals surface area contributed by atoms with E-state index in [0.717, 1.165) is 16.8 Å². The number of nitrogens with two attached hydrogens (primary N) is 1. The molecule has 4 aromatic rings. The highest BCUT2D eigenvalue weighted by molar-refractivity contribution is 6.04. The van der Waals surface area contributed by atoms with Crippen molar-refractivity contribution in [2.75, 3.05) is 17.6 Å². The molecule has 1 unspecified atom stereocenters. The molecule has 3 heterocycles. The summed E-state index contributed by atoms with van der Waals surface area (Å²) < 4.78 is 15.5. The Labute approximate surface area is 207 Å². The summed E-state index contributed by atoms with van der Waals surface area (Å²) in [7, 11) is 0. The van der Waals surface area contributed by atoms with Crippen LogP contribution in [0.1, 0.15) is 56.2 Å². The fourth-order valence-corrected chi connectivity index (χ4v) is 4.76. The number of aryl methyl sites for hydroxylation is 1. The van der Waals surface area contributed by atoms with Crippen LogP contribution in [-0.2, 0) is 13.1 Å². The predicted molar refractivity (Wildman–Crippen MR) is 135 cm³/mol. The first-order valence-electron chi connectivity index (χ1n) is 11.7. The van der Waals surface area contributed by atoms with Crippen molar-refractivity contribution in [3.8, 4) is 0 Å². The topological polar surface area (TPSA) is 109 Å². The molecule has 0 saturated carbocycles. The number of nitrogens with one attached hydrogen (secondary N) is 2. The minimum atomic E-state index is -0.480. The van der Waals surface area contributed by atoms with Crippen LogP contribution in [0.25, 0.3) is 0 Å². The lowest BCUT2D eigenvalue weighted by atomic mass is 9.95. The fourth-order valence-electron chi connectivity index (χ4n) is 4.76. The molecule has 0 aliphatic carbocycles. The Morgan fingerprint density at radius 2 is 2.03 bits per heavy atom. The van der Waals surface area contributed by atoms with Crippen LogP contribution >= 0.6 is 0 Å². The number of rotatable bonds is 5. The molecule has 184 valence electrons. The van der Waals surface area contributed by atoms with Gasteiger partial charge >= 0.3 is 0 Å². The number of nitrogen functional groups attached to an aromatic ring is 1. The summed E-state index contributed by atoms with van der Waals surface area (Å²) in [5.41, 5.74) is 10.6. The van der Waals surface area contributed by atoms with Gasteiger partial charge in [0.2, 0.25) is 0 Å². The van der Waals surface area contributed by atoms with E-state index in [1.807, 2.05) is 38.1 Å². The molecule has 1 aliphatic rings. The molecule has 8 nitrogen and oxygen atoms in total. The summed E-state index contributed by atoms with van der Waals surface area (Å²) >= 11 is 0. The largest absolute Gasteiger partial charge is 0.396 e. The lowest BCUT2D eigenvalue weighted by Crippen LogP contribution is -2.38. The zero-order chi connectivity index (χ0) is 25.4. The van der Waals surface area contributed by atoms with Crippen molar-refractivity contribution in [2.24, 2.45) is 0 Å².